The summed E-state index contributed by atoms with van der Waals surface area (Å²) in [4.78, 5) is 14.4. The van der Waals surface area contributed by atoms with E-state index in [0.29, 0.717) is 17.5 Å². The number of hydrogen-bond acceptors (Lipinski definition) is 3. The quantitative estimate of drug-likeness (QED) is 0.468. The highest BCUT2D eigenvalue weighted by atomic mass is 15.0. The summed E-state index contributed by atoms with van der Waals surface area (Å²) < 4.78 is 0. The van der Waals surface area contributed by atoms with Gasteiger partial charge in [0.1, 0.15) is 0 Å². The summed E-state index contributed by atoms with van der Waals surface area (Å²) in [5.41, 5.74) is 6.78. The molecule has 0 unspecified atom stereocenters. The fourth-order valence-electron chi connectivity index (χ4n) is 3.13. The lowest BCUT2D eigenvalue weighted by atomic mass is 9.98. The summed E-state index contributed by atoms with van der Waals surface area (Å²) in [6.07, 6.45) is 0. The molecular formula is C24H21N3. The highest BCUT2D eigenvalue weighted by Gasteiger charge is 2.14. The standard InChI is InChI=1S/C24H21N3/c1-16-14-15-21(18(3)17(16)2)24-26-22(19-10-6-4-7-11-19)25-23(27-24)20-12-8-5-9-13-20/h4-15H,1-3H3. The van der Waals surface area contributed by atoms with Gasteiger partial charge in [-0.3, -0.25) is 0 Å². The van der Waals surface area contributed by atoms with Crippen LogP contribution in [0.5, 0.6) is 0 Å². The lowest BCUT2D eigenvalue weighted by Crippen LogP contribution is -2.02. The van der Waals surface area contributed by atoms with Gasteiger partial charge in [0.05, 0.1) is 0 Å². The molecule has 0 aliphatic rings. The van der Waals surface area contributed by atoms with Crippen LogP contribution in [0.2, 0.25) is 0 Å². The molecule has 0 saturated carbocycles. The normalized spacial score (nSPS) is 10.8. The molecule has 3 nitrogen and oxygen atoms in total. The Labute approximate surface area is 159 Å². The van der Waals surface area contributed by atoms with Gasteiger partial charge in [-0.25, -0.2) is 15.0 Å². The van der Waals surface area contributed by atoms with E-state index in [-0.39, 0.29) is 0 Å². The zero-order valence-corrected chi connectivity index (χ0v) is 15.8. The van der Waals surface area contributed by atoms with Crippen molar-refractivity contribution in [1.29, 1.82) is 0 Å². The maximum Gasteiger partial charge on any atom is 0.164 e. The van der Waals surface area contributed by atoms with Gasteiger partial charge in [-0.15, -0.1) is 0 Å². The molecule has 3 heteroatoms. The Hall–Kier alpha value is -3.33. The third kappa shape index (κ3) is 3.36. The van der Waals surface area contributed by atoms with E-state index in [4.69, 9.17) is 15.0 Å². The average molecular weight is 351 g/mol. The fourth-order valence-corrected chi connectivity index (χ4v) is 3.13. The maximum absolute atomic E-state index is 4.81. The van der Waals surface area contributed by atoms with Crippen molar-refractivity contribution in [2.24, 2.45) is 0 Å². The van der Waals surface area contributed by atoms with Crippen LogP contribution in [0.25, 0.3) is 34.2 Å². The van der Waals surface area contributed by atoms with Crippen LogP contribution in [-0.2, 0) is 0 Å². The Bertz CT molecular complexity index is 1030. The largest absolute Gasteiger partial charge is 0.208 e. The lowest BCUT2D eigenvalue weighted by molar-refractivity contribution is 1.07. The second kappa shape index (κ2) is 7.12. The lowest BCUT2D eigenvalue weighted by Gasteiger charge is -2.12. The minimum Gasteiger partial charge on any atom is -0.208 e. The predicted octanol–water partition coefficient (Wildman–Crippen LogP) is 5.80. The molecule has 27 heavy (non-hydrogen) atoms. The molecule has 0 radical (unpaired) electrons. The van der Waals surface area contributed by atoms with Gasteiger partial charge in [0.25, 0.3) is 0 Å². The second-order valence-electron chi connectivity index (χ2n) is 6.72. The van der Waals surface area contributed by atoms with Gasteiger partial charge in [0, 0.05) is 16.7 Å². The fraction of sp³-hybridized carbons (Fsp3) is 0.125. The summed E-state index contributed by atoms with van der Waals surface area (Å²) in [6.45, 7) is 6.40. The SMILES string of the molecule is Cc1ccc(-c2nc(-c3ccccc3)nc(-c3ccccc3)n2)c(C)c1C. The molecule has 0 bridgehead atoms. The monoisotopic (exact) mass is 351 g/mol. The van der Waals surface area contributed by atoms with Gasteiger partial charge < -0.3 is 0 Å². The van der Waals surface area contributed by atoms with Crippen molar-refractivity contribution in [2.45, 2.75) is 20.8 Å². The summed E-state index contributed by atoms with van der Waals surface area (Å²) in [6, 6.07) is 24.4. The van der Waals surface area contributed by atoms with E-state index in [0.717, 1.165) is 16.7 Å². The topological polar surface area (TPSA) is 38.7 Å². The number of aryl methyl sites for hydroxylation is 1. The minimum atomic E-state index is 0.692. The zero-order valence-electron chi connectivity index (χ0n) is 15.8. The van der Waals surface area contributed by atoms with Crippen molar-refractivity contribution in [1.82, 2.24) is 15.0 Å². The predicted molar refractivity (Wildman–Crippen MR) is 110 cm³/mol. The van der Waals surface area contributed by atoms with E-state index in [1.165, 1.54) is 16.7 Å². The van der Waals surface area contributed by atoms with E-state index >= 15 is 0 Å². The van der Waals surface area contributed by atoms with Crippen molar-refractivity contribution in [3.05, 3.63) is 89.5 Å². The molecular weight excluding hydrogens is 330 g/mol. The Kier molecular flexibility index (Phi) is 4.51. The second-order valence-corrected chi connectivity index (χ2v) is 6.72. The van der Waals surface area contributed by atoms with Gasteiger partial charge in [-0.1, -0.05) is 72.8 Å². The van der Waals surface area contributed by atoms with E-state index in [1.54, 1.807) is 0 Å². The van der Waals surface area contributed by atoms with E-state index in [2.05, 4.69) is 32.9 Å². The molecule has 4 aromatic rings. The molecule has 0 fully saturated rings. The van der Waals surface area contributed by atoms with Crippen molar-refractivity contribution >= 4 is 0 Å². The highest BCUT2D eigenvalue weighted by Crippen LogP contribution is 2.28. The minimum absolute atomic E-state index is 0.692. The molecule has 132 valence electrons. The van der Waals surface area contributed by atoms with Gasteiger partial charge in [0.2, 0.25) is 0 Å². The highest BCUT2D eigenvalue weighted by molar-refractivity contribution is 5.69. The van der Waals surface area contributed by atoms with Crippen LogP contribution < -0.4 is 0 Å². The van der Waals surface area contributed by atoms with Gasteiger partial charge in [0.15, 0.2) is 17.5 Å². The van der Waals surface area contributed by atoms with Gasteiger partial charge >= 0.3 is 0 Å². The molecule has 3 aromatic carbocycles. The summed E-state index contributed by atoms with van der Waals surface area (Å²) in [5.74, 6) is 2.09. The van der Waals surface area contributed by atoms with Crippen LogP contribution in [0.15, 0.2) is 72.8 Å². The summed E-state index contributed by atoms with van der Waals surface area (Å²) in [5, 5.41) is 0. The first-order chi connectivity index (χ1) is 13.1. The first kappa shape index (κ1) is 17.1. The van der Waals surface area contributed by atoms with Crippen molar-refractivity contribution in [3.8, 4) is 34.2 Å². The van der Waals surface area contributed by atoms with E-state index < -0.39 is 0 Å². The molecule has 4 rings (SSSR count). The van der Waals surface area contributed by atoms with Crippen LogP contribution in [0.1, 0.15) is 16.7 Å². The van der Waals surface area contributed by atoms with Crippen LogP contribution >= 0.6 is 0 Å². The maximum atomic E-state index is 4.81. The van der Waals surface area contributed by atoms with Crippen molar-refractivity contribution in [2.75, 3.05) is 0 Å². The van der Waals surface area contributed by atoms with Crippen molar-refractivity contribution < 1.29 is 0 Å². The van der Waals surface area contributed by atoms with E-state index in [9.17, 15) is 0 Å². The molecule has 1 aromatic heterocycles. The number of rotatable bonds is 3. The number of aromatic nitrogens is 3. The van der Waals surface area contributed by atoms with Crippen LogP contribution in [-0.4, -0.2) is 15.0 Å². The molecule has 1 heterocycles. The Balaban J connectivity index is 1.96. The van der Waals surface area contributed by atoms with Crippen LogP contribution in [0, 0.1) is 20.8 Å². The molecule has 0 amide bonds. The number of nitrogens with zero attached hydrogens (tertiary/aromatic N) is 3. The molecule has 0 spiro atoms. The van der Waals surface area contributed by atoms with E-state index in [1.807, 2.05) is 60.7 Å². The van der Waals surface area contributed by atoms with Crippen molar-refractivity contribution in [3.63, 3.8) is 0 Å². The number of hydrogen-bond donors (Lipinski definition) is 0. The summed E-state index contributed by atoms with van der Waals surface area (Å²) >= 11 is 0. The Morgan fingerprint density at radius 1 is 0.481 bits per heavy atom. The average Bonchev–Trinajstić information content (AvgIpc) is 2.73. The van der Waals surface area contributed by atoms with Crippen LogP contribution in [0.3, 0.4) is 0 Å². The van der Waals surface area contributed by atoms with Crippen LogP contribution in [0.4, 0.5) is 0 Å². The van der Waals surface area contributed by atoms with Gasteiger partial charge in [-0.2, -0.15) is 0 Å². The Morgan fingerprint density at radius 3 is 1.48 bits per heavy atom. The molecule has 0 atom stereocenters. The smallest absolute Gasteiger partial charge is 0.164 e. The first-order valence-corrected chi connectivity index (χ1v) is 9.07. The molecule has 0 N–H and O–H groups in total. The Morgan fingerprint density at radius 2 is 0.963 bits per heavy atom. The third-order valence-electron chi connectivity index (χ3n) is 5.00. The molecule has 0 saturated heterocycles. The zero-order chi connectivity index (χ0) is 18.8. The van der Waals surface area contributed by atoms with Gasteiger partial charge in [-0.05, 0) is 37.5 Å². The summed E-state index contributed by atoms with van der Waals surface area (Å²) in [7, 11) is 0. The molecule has 0 aliphatic carbocycles. The molecule has 0 aliphatic heterocycles. The third-order valence-corrected chi connectivity index (χ3v) is 5.00. The first-order valence-electron chi connectivity index (χ1n) is 9.07. The number of benzene rings is 3.